The Hall–Kier alpha value is -4.83. The predicted octanol–water partition coefficient (Wildman–Crippen LogP) is -2.43. The van der Waals surface area contributed by atoms with Crippen molar-refractivity contribution in [2.75, 3.05) is 11.4 Å². The number of rotatable bonds is 11. The SMILES string of the molecule is CC[C@H](C)[C@H](NC(=O)Cc1nn[nH]n1)C(=O)NCC(=O)N1c2ncccc2C[C@H]1C(=O)NCc1nn[nH]n1. The summed E-state index contributed by atoms with van der Waals surface area (Å²) in [5, 5.41) is 34.4. The molecule has 0 saturated carbocycles. The maximum atomic E-state index is 13.3. The third-order valence-electron chi connectivity index (χ3n) is 6.14. The van der Waals surface area contributed by atoms with Crippen molar-refractivity contribution in [2.24, 2.45) is 5.92 Å². The van der Waals surface area contributed by atoms with Crippen LogP contribution in [-0.4, -0.2) is 88.5 Å². The van der Waals surface area contributed by atoms with Gasteiger partial charge in [-0.05, 0) is 17.5 Å². The van der Waals surface area contributed by atoms with Gasteiger partial charge in [0.1, 0.15) is 17.9 Å². The summed E-state index contributed by atoms with van der Waals surface area (Å²) in [5.41, 5.74) is 0.720. The van der Waals surface area contributed by atoms with Gasteiger partial charge in [-0.1, -0.05) is 36.8 Å². The van der Waals surface area contributed by atoms with Crippen molar-refractivity contribution in [1.82, 2.24) is 62.2 Å². The Bertz CT molecular complexity index is 1260. The highest BCUT2D eigenvalue weighted by Gasteiger charge is 2.39. The maximum absolute atomic E-state index is 13.3. The zero-order valence-corrected chi connectivity index (χ0v) is 20.7. The van der Waals surface area contributed by atoms with E-state index in [9.17, 15) is 19.2 Å². The van der Waals surface area contributed by atoms with Crippen LogP contribution in [0.15, 0.2) is 18.3 Å². The number of amides is 4. The number of nitrogens with zero attached hydrogens (tertiary/aromatic N) is 8. The largest absolute Gasteiger partial charge is 0.347 e. The number of nitrogens with one attached hydrogen (secondary N) is 5. The van der Waals surface area contributed by atoms with E-state index >= 15 is 0 Å². The fourth-order valence-corrected chi connectivity index (χ4v) is 3.98. The quantitative estimate of drug-likeness (QED) is 0.177. The number of H-pyrrole nitrogens is 2. The molecular formula is C21H27N13O4. The smallest absolute Gasteiger partial charge is 0.248 e. The lowest BCUT2D eigenvalue weighted by Gasteiger charge is -2.26. The number of anilines is 1. The Balaban J connectivity index is 1.41. The van der Waals surface area contributed by atoms with Crippen LogP contribution in [0.4, 0.5) is 5.82 Å². The van der Waals surface area contributed by atoms with Gasteiger partial charge < -0.3 is 16.0 Å². The van der Waals surface area contributed by atoms with Crippen LogP contribution in [0.3, 0.4) is 0 Å². The van der Waals surface area contributed by atoms with Gasteiger partial charge in [0.15, 0.2) is 11.6 Å². The van der Waals surface area contributed by atoms with E-state index in [4.69, 9.17) is 0 Å². The molecule has 4 amide bonds. The van der Waals surface area contributed by atoms with Crippen molar-refractivity contribution < 1.29 is 19.2 Å². The minimum absolute atomic E-state index is 0.0223. The Labute approximate surface area is 215 Å². The number of fused-ring (bicyclic) bond motifs is 1. The maximum Gasteiger partial charge on any atom is 0.248 e. The fourth-order valence-electron chi connectivity index (χ4n) is 3.98. The first-order chi connectivity index (χ1) is 18.4. The molecule has 0 aromatic carbocycles. The fraction of sp³-hybridized carbons (Fsp3) is 0.476. The highest BCUT2D eigenvalue weighted by Crippen LogP contribution is 2.30. The van der Waals surface area contributed by atoms with Crippen LogP contribution < -0.4 is 20.9 Å². The molecule has 0 saturated heterocycles. The Kier molecular flexibility index (Phi) is 8.24. The van der Waals surface area contributed by atoms with Crippen LogP contribution in [0.25, 0.3) is 0 Å². The van der Waals surface area contributed by atoms with Crippen molar-refractivity contribution >= 4 is 29.4 Å². The first-order valence-electron chi connectivity index (χ1n) is 11.9. The molecule has 3 aromatic heterocycles. The number of pyridine rings is 1. The molecule has 3 aromatic rings. The van der Waals surface area contributed by atoms with Crippen LogP contribution in [0.1, 0.15) is 37.5 Å². The van der Waals surface area contributed by atoms with Crippen molar-refractivity contribution in [3.05, 3.63) is 35.5 Å². The number of aromatic nitrogens is 9. The number of aromatic amines is 2. The van der Waals surface area contributed by atoms with Crippen LogP contribution in [0, 0.1) is 5.92 Å². The zero-order chi connectivity index (χ0) is 27.1. The monoisotopic (exact) mass is 525 g/mol. The molecular weight excluding hydrogens is 498 g/mol. The van der Waals surface area contributed by atoms with E-state index in [0.29, 0.717) is 12.2 Å². The van der Waals surface area contributed by atoms with E-state index in [0.717, 1.165) is 5.56 Å². The van der Waals surface area contributed by atoms with Gasteiger partial charge in [0.25, 0.3) is 0 Å². The zero-order valence-electron chi connectivity index (χ0n) is 20.7. The van der Waals surface area contributed by atoms with Crippen molar-refractivity contribution in [1.29, 1.82) is 0 Å². The lowest BCUT2D eigenvalue weighted by molar-refractivity contribution is -0.131. The van der Waals surface area contributed by atoms with Gasteiger partial charge in [-0.25, -0.2) is 4.98 Å². The number of carbonyl (C=O) groups is 4. The second-order valence-corrected chi connectivity index (χ2v) is 8.67. The lowest BCUT2D eigenvalue weighted by atomic mass is 9.98. The Morgan fingerprint density at radius 1 is 1.11 bits per heavy atom. The molecule has 17 nitrogen and oxygen atoms in total. The number of tetrazole rings is 2. The molecule has 1 aliphatic rings. The van der Waals surface area contributed by atoms with E-state index in [2.05, 4.69) is 62.2 Å². The molecule has 0 radical (unpaired) electrons. The van der Waals surface area contributed by atoms with E-state index in [1.54, 1.807) is 12.1 Å². The minimum Gasteiger partial charge on any atom is -0.347 e. The second kappa shape index (κ2) is 11.9. The molecule has 200 valence electrons. The van der Waals surface area contributed by atoms with Gasteiger partial charge in [-0.2, -0.15) is 10.4 Å². The molecule has 17 heteroatoms. The molecule has 0 bridgehead atoms. The summed E-state index contributed by atoms with van der Waals surface area (Å²) < 4.78 is 0. The third-order valence-corrected chi connectivity index (χ3v) is 6.14. The third kappa shape index (κ3) is 6.11. The molecule has 0 aliphatic carbocycles. The van der Waals surface area contributed by atoms with Gasteiger partial charge in [-0.3, -0.25) is 24.1 Å². The van der Waals surface area contributed by atoms with E-state index in [1.165, 1.54) is 11.1 Å². The summed E-state index contributed by atoms with van der Waals surface area (Å²) in [6, 6.07) is 1.73. The molecule has 4 rings (SSSR count). The summed E-state index contributed by atoms with van der Waals surface area (Å²) in [4.78, 5) is 57.3. The van der Waals surface area contributed by atoms with Gasteiger partial charge in [0.05, 0.1) is 19.5 Å². The van der Waals surface area contributed by atoms with Crippen LogP contribution in [0.2, 0.25) is 0 Å². The highest BCUT2D eigenvalue weighted by atomic mass is 16.2. The molecule has 0 spiro atoms. The predicted molar refractivity (Wildman–Crippen MR) is 128 cm³/mol. The summed E-state index contributed by atoms with van der Waals surface area (Å²) in [6.07, 6.45) is 2.21. The molecule has 5 N–H and O–H groups in total. The molecule has 0 fully saturated rings. The summed E-state index contributed by atoms with van der Waals surface area (Å²) in [6.45, 7) is 3.31. The highest BCUT2D eigenvalue weighted by molar-refractivity contribution is 6.04. The number of hydrogen-bond donors (Lipinski definition) is 5. The van der Waals surface area contributed by atoms with Crippen LogP contribution >= 0.6 is 0 Å². The Morgan fingerprint density at radius 3 is 2.53 bits per heavy atom. The number of carbonyl (C=O) groups excluding carboxylic acids is 4. The average molecular weight is 526 g/mol. The minimum atomic E-state index is -0.898. The normalized spacial score (nSPS) is 15.8. The molecule has 0 unspecified atom stereocenters. The summed E-state index contributed by atoms with van der Waals surface area (Å²) in [5.74, 6) is -1.37. The Morgan fingerprint density at radius 2 is 1.84 bits per heavy atom. The molecule has 1 aliphatic heterocycles. The average Bonchev–Trinajstić information content (AvgIpc) is 3.69. The summed E-state index contributed by atoms with van der Waals surface area (Å²) in [7, 11) is 0. The first-order valence-corrected chi connectivity index (χ1v) is 11.9. The van der Waals surface area contributed by atoms with E-state index in [1.807, 2.05) is 13.8 Å². The van der Waals surface area contributed by atoms with Crippen molar-refractivity contribution in [2.45, 2.75) is 51.7 Å². The van der Waals surface area contributed by atoms with E-state index < -0.39 is 42.3 Å². The molecule has 38 heavy (non-hydrogen) atoms. The van der Waals surface area contributed by atoms with Gasteiger partial charge >= 0.3 is 0 Å². The van der Waals surface area contributed by atoms with Gasteiger partial charge in [-0.15, -0.1) is 20.4 Å². The molecule has 3 atom stereocenters. The topological polar surface area (TPSA) is 229 Å². The van der Waals surface area contributed by atoms with Crippen LogP contribution in [-0.2, 0) is 38.6 Å². The van der Waals surface area contributed by atoms with Gasteiger partial charge in [0, 0.05) is 12.6 Å². The number of hydrogen-bond acceptors (Lipinski definition) is 11. The first kappa shape index (κ1) is 26.2. The van der Waals surface area contributed by atoms with E-state index in [-0.39, 0.29) is 37.0 Å². The summed E-state index contributed by atoms with van der Waals surface area (Å²) >= 11 is 0. The second-order valence-electron chi connectivity index (χ2n) is 8.67. The van der Waals surface area contributed by atoms with Crippen LogP contribution in [0.5, 0.6) is 0 Å². The van der Waals surface area contributed by atoms with Crippen molar-refractivity contribution in [3.8, 4) is 0 Å². The van der Waals surface area contributed by atoms with Crippen molar-refractivity contribution in [3.63, 3.8) is 0 Å². The molecule has 4 heterocycles. The van der Waals surface area contributed by atoms with Gasteiger partial charge in [0.2, 0.25) is 23.6 Å². The standard InChI is InChI=1S/C21H27N13O4/c1-3-11(2)18(25-16(35)8-14-26-30-31-27-14)21(38)24-10-17(36)34-13(7-12-5-4-6-22-19(12)34)20(37)23-9-15-28-32-33-29-15/h4-6,11,13,18H,3,7-10H2,1-2H3,(H,23,37)(H,24,38)(H,25,35)(H,26,27,30,31)(H,28,29,32,33)/t11-,13-,18-/m0/s1. The lowest BCUT2D eigenvalue weighted by Crippen LogP contribution is -2.54.